The van der Waals surface area contributed by atoms with E-state index in [1.165, 1.54) is 11.3 Å². The molecule has 3 heterocycles. The van der Waals surface area contributed by atoms with E-state index in [0.29, 0.717) is 44.4 Å². The Labute approximate surface area is 210 Å². The topological polar surface area (TPSA) is 110 Å². The second kappa shape index (κ2) is 9.49. The number of ether oxygens (including phenoxy) is 3. The molecular formula is C24H21ClN6O3S. The predicted octanol–water partition coefficient (Wildman–Crippen LogP) is 4.98. The van der Waals surface area contributed by atoms with Crippen LogP contribution in [0.3, 0.4) is 0 Å². The number of benzene rings is 2. The average Bonchev–Trinajstić information content (AvgIpc) is 3.50. The Morgan fingerprint density at radius 3 is 2.57 bits per heavy atom. The number of hydrogen-bond acceptors (Lipinski definition) is 9. The van der Waals surface area contributed by atoms with Crippen LogP contribution in [-0.4, -0.2) is 46.1 Å². The summed E-state index contributed by atoms with van der Waals surface area (Å²) in [6.07, 6.45) is 0. The Hall–Kier alpha value is -3.73. The first-order chi connectivity index (χ1) is 17.0. The normalized spacial score (nSPS) is 11.2. The number of fused-ring (bicyclic) bond motifs is 1. The van der Waals surface area contributed by atoms with E-state index < -0.39 is 0 Å². The largest absolute Gasteiger partial charge is 0.493 e. The number of halogens is 1. The van der Waals surface area contributed by atoms with E-state index in [0.717, 1.165) is 22.4 Å². The quantitative estimate of drug-likeness (QED) is 0.328. The van der Waals surface area contributed by atoms with Crippen LogP contribution in [0.4, 0.5) is 5.82 Å². The molecule has 0 atom stereocenters. The minimum atomic E-state index is 0.278. The highest BCUT2D eigenvalue weighted by atomic mass is 35.5. The molecule has 0 spiro atoms. The number of nitrogens with zero attached hydrogens (tertiary/aromatic N) is 5. The first-order valence-electron chi connectivity index (χ1n) is 10.5. The molecule has 9 nitrogen and oxygen atoms in total. The summed E-state index contributed by atoms with van der Waals surface area (Å²) in [4.78, 5) is 4.74. The summed E-state index contributed by atoms with van der Waals surface area (Å²) >= 11 is 7.64. The van der Waals surface area contributed by atoms with Crippen molar-refractivity contribution in [3.05, 3.63) is 58.6 Å². The van der Waals surface area contributed by atoms with Crippen molar-refractivity contribution in [3.63, 3.8) is 0 Å². The van der Waals surface area contributed by atoms with Crippen molar-refractivity contribution < 1.29 is 14.2 Å². The van der Waals surface area contributed by atoms with Gasteiger partial charge in [-0.15, -0.1) is 21.5 Å². The van der Waals surface area contributed by atoms with Crippen LogP contribution in [0.1, 0.15) is 5.69 Å². The standard InChI is InChI=1S/C24H21ClN6O3S/c1-32-11-16-20(14-5-4-6-15(25)9-14)23-29-28-21(22(26)31(23)30-16)24-27-17(12-35-24)13-7-8-18(33-2)19(10-13)34-3/h4-10,12H,11,26H2,1-3H3. The van der Waals surface area contributed by atoms with Gasteiger partial charge in [-0.3, -0.25) is 0 Å². The fourth-order valence-electron chi connectivity index (χ4n) is 3.80. The Morgan fingerprint density at radius 2 is 1.83 bits per heavy atom. The molecule has 35 heavy (non-hydrogen) atoms. The third-order valence-corrected chi connectivity index (χ3v) is 6.51. The van der Waals surface area contributed by atoms with Crippen LogP contribution in [0.25, 0.3) is 38.7 Å². The summed E-state index contributed by atoms with van der Waals surface area (Å²) in [5.41, 5.74) is 11.4. The van der Waals surface area contributed by atoms with Gasteiger partial charge in [0, 0.05) is 23.1 Å². The van der Waals surface area contributed by atoms with Crippen molar-refractivity contribution in [2.24, 2.45) is 0 Å². The fourth-order valence-corrected chi connectivity index (χ4v) is 4.81. The van der Waals surface area contributed by atoms with Gasteiger partial charge < -0.3 is 19.9 Å². The number of nitrogens with two attached hydrogens (primary N) is 1. The van der Waals surface area contributed by atoms with Gasteiger partial charge in [0.1, 0.15) is 5.01 Å². The molecule has 0 saturated heterocycles. The lowest BCUT2D eigenvalue weighted by molar-refractivity contribution is 0.181. The van der Waals surface area contributed by atoms with E-state index in [2.05, 4.69) is 15.3 Å². The van der Waals surface area contributed by atoms with Gasteiger partial charge in [0.05, 0.1) is 37.8 Å². The number of hydrogen-bond donors (Lipinski definition) is 1. The number of thiazole rings is 1. The number of anilines is 1. The van der Waals surface area contributed by atoms with E-state index in [1.54, 1.807) is 25.8 Å². The maximum absolute atomic E-state index is 6.53. The lowest BCUT2D eigenvalue weighted by atomic mass is 10.1. The Balaban J connectivity index is 1.59. The molecule has 0 unspecified atom stereocenters. The zero-order valence-electron chi connectivity index (χ0n) is 19.2. The third-order valence-electron chi connectivity index (χ3n) is 5.43. The number of nitrogen functional groups attached to an aromatic ring is 1. The summed E-state index contributed by atoms with van der Waals surface area (Å²) in [6.45, 7) is 0.278. The van der Waals surface area contributed by atoms with Crippen LogP contribution in [-0.2, 0) is 11.3 Å². The van der Waals surface area contributed by atoms with Crippen LogP contribution in [0.5, 0.6) is 11.5 Å². The SMILES string of the molecule is COCc1nn2c(N)c(-c3nc(-c4ccc(OC)c(OC)c4)cs3)nnc2c1-c1cccc(Cl)c1. The zero-order valence-corrected chi connectivity index (χ0v) is 20.7. The Morgan fingerprint density at radius 1 is 1.00 bits per heavy atom. The van der Waals surface area contributed by atoms with Crippen LogP contribution in [0.2, 0.25) is 5.02 Å². The lowest BCUT2D eigenvalue weighted by Gasteiger charge is -2.08. The number of aromatic nitrogens is 5. The molecule has 0 fully saturated rings. The third kappa shape index (κ3) is 4.16. The second-order valence-electron chi connectivity index (χ2n) is 7.54. The summed E-state index contributed by atoms with van der Waals surface area (Å²) < 4.78 is 17.7. The van der Waals surface area contributed by atoms with E-state index in [-0.39, 0.29) is 6.61 Å². The molecule has 0 aliphatic rings. The van der Waals surface area contributed by atoms with Crippen molar-refractivity contribution in [3.8, 4) is 44.6 Å². The maximum atomic E-state index is 6.53. The smallest absolute Gasteiger partial charge is 0.187 e. The number of rotatable bonds is 7. The van der Waals surface area contributed by atoms with Gasteiger partial charge >= 0.3 is 0 Å². The first kappa shape index (κ1) is 23.0. The van der Waals surface area contributed by atoms with Gasteiger partial charge in [0.25, 0.3) is 0 Å². The van der Waals surface area contributed by atoms with Crippen LogP contribution in [0.15, 0.2) is 47.8 Å². The van der Waals surface area contributed by atoms with Gasteiger partial charge in [0.2, 0.25) is 0 Å². The molecule has 11 heteroatoms. The van der Waals surface area contributed by atoms with Crippen LogP contribution >= 0.6 is 22.9 Å². The summed E-state index contributed by atoms with van der Waals surface area (Å²) in [5.74, 6) is 1.60. The van der Waals surface area contributed by atoms with E-state index >= 15 is 0 Å². The molecule has 5 aromatic rings. The Kier molecular flexibility index (Phi) is 6.25. The fraction of sp³-hybridized carbons (Fsp3) is 0.167. The van der Waals surface area contributed by atoms with Gasteiger partial charge in [-0.2, -0.15) is 9.61 Å². The molecule has 3 aromatic heterocycles. The van der Waals surface area contributed by atoms with Gasteiger partial charge in [0.15, 0.2) is 28.7 Å². The van der Waals surface area contributed by atoms with Gasteiger partial charge in [-0.25, -0.2) is 4.98 Å². The van der Waals surface area contributed by atoms with Crippen molar-refractivity contribution in [2.75, 3.05) is 27.1 Å². The highest BCUT2D eigenvalue weighted by molar-refractivity contribution is 7.13. The van der Waals surface area contributed by atoms with E-state index in [1.807, 2.05) is 47.8 Å². The van der Waals surface area contributed by atoms with Crippen molar-refractivity contribution >= 4 is 34.4 Å². The average molecular weight is 509 g/mol. The van der Waals surface area contributed by atoms with Gasteiger partial charge in [-0.1, -0.05) is 23.7 Å². The molecule has 0 aliphatic heterocycles. The summed E-state index contributed by atoms with van der Waals surface area (Å²) in [7, 11) is 4.80. The van der Waals surface area contributed by atoms with Crippen molar-refractivity contribution in [2.45, 2.75) is 6.61 Å². The molecule has 0 saturated carbocycles. The predicted molar refractivity (Wildman–Crippen MR) is 136 cm³/mol. The minimum absolute atomic E-state index is 0.278. The van der Waals surface area contributed by atoms with Crippen LogP contribution < -0.4 is 15.2 Å². The van der Waals surface area contributed by atoms with Crippen molar-refractivity contribution in [1.82, 2.24) is 24.8 Å². The van der Waals surface area contributed by atoms with E-state index in [9.17, 15) is 0 Å². The minimum Gasteiger partial charge on any atom is -0.493 e. The molecule has 0 radical (unpaired) electrons. The lowest BCUT2D eigenvalue weighted by Crippen LogP contribution is -2.05. The molecule has 2 N–H and O–H groups in total. The van der Waals surface area contributed by atoms with Crippen LogP contribution in [0, 0.1) is 0 Å². The molecule has 0 bridgehead atoms. The highest BCUT2D eigenvalue weighted by Gasteiger charge is 2.22. The summed E-state index contributed by atoms with van der Waals surface area (Å²) in [6, 6.07) is 13.1. The van der Waals surface area contributed by atoms with Crippen molar-refractivity contribution in [1.29, 1.82) is 0 Å². The number of methoxy groups -OCH3 is 3. The first-order valence-corrected chi connectivity index (χ1v) is 11.8. The highest BCUT2D eigenvalue weighted by Crippen LogP contribution is 2.36. The maximum Gasteiger partial charge on any atom is 0.187 e. The Bertz CT molecular complexity index is 1530. The molecule has 0 amide bonds. The second-order valence-corrected chi connectivity index (χ2v) is 8.84. The summed E-state index contributed by atoms with van der Waals surface area (Å²) in [5, 5.41) is 16.7. The molecular weight excluding hydrogens is 488 g/mol. The molecule has 5 rings (SSSR count). The monoisotopic (exact) mass is 508 g/mol. The zero-order chi connectivity index (χ0) is 24.5. The molecule has 0 aliphatic carbocycles. The van der Waals surface area contributed by atoms with E-state index in [4.69, 9.17) is 36.5 Å². The molecule has 2 aromatic carbocycles. The molecule has 178 valence electrons. The van der Waals surface area contributed by atoms with Gasteiger partial charge in [-0.05, 0) is 35.9 Å².